The van der Waals surface area contributed by atoms with Crippen LogP contribution in [0, 0.1) is 16.4 Å². The van der Waals surface area contributed by atoms with Crippen molar-refractivity contribution < 1.29 is 4.79 Å². The minimum atomic E-state index is -0.165. The van der Waals surface area contributed by atoms with Crippen LogP contribution in [-0.2, 0) is 11.2 Å². The molecule has 23 heavy (non-hydrogen) atoms. The van der Waals surface area contributed by atoms with Gasteiger partial charge in [0.05, 0.1) is 5.92 Å². The fraction of sp³-hybridized carbons (Fsp3) is 0.350. The van der Waals surface area contributed by atoms with Gasteiger partial charge in [-0.25, -0.2) is 0 Å². The Hall–Kier alpha value is -1.36. The normalized spacial score (nSPS) is 12.3. The molecule has 122 valence electrons. The van der Waals surface area contributed by atoms with Crippen LogP contribution in [0.2, 0.25) is 0 Å². The Balaban J connectivity index is 2.07. The van der Waals surface area contributed by atoms with E-state index in [9.17, 15) is 4.79 Å². The predicted molar refractivity (Wildman–Crippen MR) is 106 cm³/mol. The minimum absolute atomic E-state index is 0.0333. The first-order valence-electron chi connectivity index (χ1n) is 8.02. The molecule has 1 atom stereocenters. The first kappa shape index (κ1) is 18.0. The van der Waals surface area contributed by atoms with Gasteiger partial charge in [-0.2, -0.15) is 0 Å². The zero-order valence-electron chi connectivity index (χ0n) is 14.2. The SMILES string of the molecule is Cc1cc(I)ccc1NC(=O)[C@@H](C)c1ccc(CC(C)C)cc1. The summed E-state index contributed by atoms with van der Waals surface area (Å²) in [7, 11) is 0. The fourth-order valence-corrected chi connectivity index (χ4v) is 3.22. The van der Waals surface area contributed by atoms with Gasteiger partial charge in [0.1, 0.15) is 0 Å². The molecule has 0 aliphatic rings. The summed E-state index contributed by atoms with van der Waals surface area (Å²) in [5.74, 6) is 0.512. The van der Waals surface area contributed by atoms with Crippen molar-refractivity contribution in [2.75, 3.05) is 5.32 Å². The Kier molecular flexibility index (Phi) is 6.22. The second-order valence-corrected chi connectivity index (χ2v) is 7.76. The smallest absolute Gasteiger partial charge is 0.231 e. The topological polar surface area (TPSA) is 29.1 Å². The molecule has 0 radical (unpaired) electrons. The van der Waals surface area contributed by atoms with Gasteiger partial charge in [-0.05, 0) is 83.7 Å². The van der Waals surface area contributed by atoms with Gasteiger partial charge in [0.15, 0.2) is 0 Å². The molecule has 2 aromatic carbocycles. The lowest BCUT2D eigenvalue weighted by atomic mass is 9.96. The third-order valence-corrected chi connectivity index (χ3v) is 4.63. The van der Waals surface area contributed by atoms with E-state index in [-0.39, 0.29) is 11.8 Å². The van der Waals surface area contributed by atoms with Crippen LogP contribution in [0.15, 0.2) is 42.5 Å². The Morgan fingerprint density at radius 1 is 1.09 bits per heavy atom. The van der Waals surface area contributed by atoms with Gasteiger partial charge < -0.3 is 5.32 Å². The average molecular weight is 421 g/mol. The molecule has 0 aliphatic heterocycles. The van der Waals surface area contributed by atoms with Crippen LogP contribution in [0.25, 0.3) is 0 Å². The number of carbonyl (C=O) groups excluding carboxylic acids is 1. The average Bonchev–Trinajstić information content (AvgIpc) is 2.49. The Bertz CT molecular complexity index is 677. The molecule has 2 aromatic rings. The molecular weight excluding hydrogens is 397 g/mol. The molecule has 0 spiro atoms. The third-order valence-electron chi connectivity index (χ3n) is 3.96. The van der Waals surface area contributed by atoms with Crippen molar-refractivity contribution in [1.82, 2.24) is 0 Å². The molecule has 0 saturated heterocycles. The summed E-state index contributed by atoms with van der Waals surface area (Å²) in [6.07, 6.45) is 1.07. The van der Waals surface area contributed by atoms with Crippen LogP contribution in [0.1, 0.15) is 43.4 Å². The molecule has 0 aliphatic carbocycles. The minimum Gasteiger partial charge on any atom is -0.325 e. The van der Waals surface area contributed by atoms with E-state index in [1.54, 1.807) is 0 Å². The van der Waals surface area contributed by atoms with Crippen LogP contribution in [0.3, 0.4) is 0 Å². The number of benzene rings is 2. The first-order chi connectivity index (χ1) is 10.9. The number of hydrogen-bond acceptors (Lipinski definition) is 1. The molecule has 0 saturated carbocycles. The van der Waals surface area contributed by atoms with E-state index >= 15 is 0 Å². The van der Waals surface area contributed by atoms with E-state index in [1.165, 1.54) is 9.13 Å². The standard InChI is InChI=1S/C20H24INO/c1-13(2)11-16-5-7-17(8-6-16)15(4)20(23)22-19-10-9-18(21)12-14(19)3/h5-10,12-13,15H,11H2,1-4H3,(H,22,23)/t15-/m0/s1. The predicted octanol–water partition coefficient (Wildman–Crippen LogP) is 5.54. The molecule has 3 heteroatoms. The van der Waals surface area contributed by atoms with Crippen molar-refractivity contribution in [2.24, 2.45) is 5.92 Å². The molecule has 2 nitrogen and oxygen atoms in total. The lowest BCUT2D eigenvalue weighted by Crippen LogP contribution is -2.19. The van der Waals surface area contributed by atoms with Crippen molar-refractivity contribution in [3.05, 3.63) is 62.7 Å². The summed E-state index contributed by atoms with van der Waals surface area (Å²) in [5.41, 5.74) is 4.35. The molecule has 1 N–H and O–H groups in total. The quantitative estimate of drug-likeness (QED) is 0.631. The van der Waals surface area contributed by atoms with Gasteiger partial charge in [0.2, 0.25) is 5.91 Å². The number of aryl methyl sites for hydroxylation is 1. The molecule has 0 unspecified atom stereocenters. The second kappa shape index (κ2) is 7.95. The van der Waals surface area contributed by atoms with Gasteiger partial charge in [-0.1, -0.05) is 38.1 Å². The van der Waals surface area contributed by atoms with E-state index < -0.39 is 0 Å². The van der Waals surface area contributed by atoms with E-state index in [1.807, 2.05) is 26.0 Å². The molecular formula is C20H24INO. The highest BCUT2D eigenvalue weighted by Gasteiger charge is 2.16. The zero-order chi connectivity index (χ0) is 17.0. The lowest BCUT2D eigenvalue weighted by molar-refractivity contribution is -0.117. The van der Waals surface area contributed by atoms with Crippen LogP contribution >= 0.6 is 22.6 Å². The van der Waals surface area contributed by atoms with Gasteiger partial charge in [0.25, 0.3) is 0 Å². The largest absolute Gasteiger partial charge is 0.325 e. The molecule has 1 amide bonds. The maximum absolute atomic E-state index is 12.5. The third kappa shape index (κ3) is 5.06. The van der Waals surface area contributed by atoms with Gasteiger partial charge >= 0.3 is 0 Å². The molecule has 0 fully saturated rings. The highest BCUT2D eigenvalue weighted by molar-refractivity contribution is 14.1. The van der Waals surface area contributed by atoms with E-state index in [0.29, 0.717) is 5.92 Å². The number of amides is 1. The first-order valence-corrected chi connectivity index (χ1v) is 9.10. The Morgan fingerprint density at radius 3 is 2.30 bits per heavy atom. The van der Waals surface area contributed by atoms with Crippen molar-refractivity contribution in [3.8, 4) is 0 Å². The number of anilines is 1. The van der Waals surface area contributed by atoms with E-state index in [4.69, 9.17) is 0 Å². The van der Waals surface area contributed by atoms with Crippen LogP contribution in [0.5, 0.6) is 0 Å². The monoisotopic (exact) mass is 421 g/mol. The van der Waals surface area contributed by atoms with Gasteiger partial charge in [-0.15, -0.1) is 0 Å². The van der Waals surface area contributed by atoms with Crippen molar-refractivity contribution in [1.29, 1.82) is 0 Å². The second-order valence-electron chi connectivity index (χ2n) is 6.51. The number of hydrogen-bond donors (Lipinski definition) is 1. The van der Waals surface area contributed by atoms with Crippen molar-refractivity contribution >= 4 is 34.2 Å². The number of nitrogens with one attached hydrogen (secondary N) is 1. The highest BCUT2D eigenvalue weighted by atomic mass is 127. The molecule has 2 rings (SSSR count). The molecule has 0 bridgehead atoms. The maximum atomic E-state index is 12.5. The van der Waals surface area contributed by atoms with Crippen molar-refractivity contribution in [2.45, 2.75) is 40.0 Å². The van der Waals surface area contributed by atoms with Crippen LogP contribution in [-0.4, -0.2) is 5.91 Å². The summed E-state index contributed by atoms with van der Waals surface area (Å²) in [4.78, 5) is 12.5. The van der Waals surface area contributed by atoms with Crippen LogP contribution < -0.4 is 5.32 Å². The number of rotatable bonds is 5. The van der Waals surface area contributed by atoms with E-state index in [0.717, 1.165) is 23.2 Å². The highest BCUT2D eigenvalue weighted by Crippen LogP contribution is 2.22. The van der Waals surface area contributed by atoms with E-state index in [2.05, 4.69) is 72.1 Å². The summed E-state index contributed by atoms with van der Waals surface area (Å²) >= 11 is 2.28. The number of halogens is 1. The van der Waals surface area contributed by atoms with Gasteiger partial charge in [-0.3, -0.25) is 4.79 Å². The lowest BCUT2D eigenvalue weighted by Gasteiger charge is -2.15. The Labute approximate surface area is 152 Å². The summed E-state index contributed by atoms with van der Waals surface area (Å²) in [6, 6.07) is 14.5. The van der Waals surface area contributed by atoms with Gasteiger partial charge in [0, 0.05) is 9.26 Å². The summed E-state index contributed by atoms with van der Waals surface area (Å²) in [5, 5.41) is 3.04. The summed E-state index contributed by atoms with van der Waals surface area (Å²) in [6.45, 7) is 8.40. The number of carbonyl (C=O) groups is 1. The summed E-state index contributed by atoms with van der Waals surface area (Å²) < 4.78 is 1.17. The fourth-order valence-electron chi connectivity index (χ4n) is 2.57. The van der Waals surface area contributed by atoms with Crippen LogP contribution in [0.4, 0.5) is 5.69 Å². The maximum Gasteiger partial charge on any atom is 0.231 e. The zero-order valence-corrected chi connectivity index (χ0v) is 16.3. The Morgan fingerprint density at radius 2 is 1.74 bits per heavy atom. The molecule has 0 aromatic heterocycles. The van der Waals surface area contributed by atoms with Crippen molar-refractivity contribution in [3.63, 3.8) is 0 Å². The molecule has 0 heterocycles.